The molecular weight excluding hydrogens is 228 g/mol. The fourth-order valence-electron chi connectivity index (χ4n) is 2.05. The van der Waals surface area contributed by atoms with E-state index in [1.165, 1.54) is 6.42 Å². The fraction of sp³-hybridized carbons (Fsp3) is 0.615. The summed E-state index contributed by atoms with van der Waals surface area (Å²) in [4.78, 5) is 22.4. The number of rotatable bonds is 3. The van der Waals surface area contributed by atoms with Crippen molar-refractivity contribution in [2.75, 3.05) is 18.4 Å². The standard InChI is InChI=1S/C13H20N4O/c1-10(2)16-13-14-8-11(9-15-13)12(18)17-6-4-3-5-7-17/h8-10H,3-7H2,1-2H3,(H,14,15,16). The van der Waals surface area contributed by atoms with Crippen LogP contribution in [0.2, 0.25) is 0 Å². The van der Waals surface area contributed by atoms with Crippen LogP contribution in [0.1, 0.15) is 43.5 Å². The summed E-state index contributed by atoms with van der Waals surface area (Å²) >= 11 is 0. The van der Waals surface area contributed by atoms with Crippen LogP contribution in [0.3, 0.4) is 0 Å². The SMILES string of the molecule is CC(C)Nc1ncc(C(=O)N2CCCCC2)cn1. The Hall–Kier alpha value is -1.65. The zero-order chi connectivity index (χ0) is 13.0. The Morgan fingerprint density at radius 1 is 1.22 bits per heavy atom. The lowest BCUT2D eigenvalue weighted by Gasteiger charge is -2.26. The Morgan fingerprint density at radius 2 is 1.83 bits per heavy atom. The maximum Gasteiger partial charge on any atom is 0.256 e. The van der Waals surface area contributed by atoms with E-state index in [9.17, 15) is 4.79 Å². The molecule has 5 nitrogen and oxygen atoms in total. The number of carbonyl (C=O) groups excluding carboxylic acids is 1. The van der Waals surface area contributed by atoms with E-state index in [0.717, 1.165) is 25.9 Å². The second-order valence-electron chi connectivity index (χ2n) is 4.95. The van der Waals surface area contributed by atoms with Crippen LogP contribution in [0.25, 0.3) is 0 Å². The van der Waals surface area contributed by atoms with Crippen molar-refractivity contribution in [1.82, 2.24) is 14.9 Å². The lowest BCUT2D eigenvalue weighted by atomic mass is 10.1. The highest BCUT2D eigenvalue weighted by molar-refractivity contribution is 5.93. The summed E-state index contributed by atoms with van der Waals surface area (Å²) in [6, 6.07) is 0.286. The van der Waals surface area contributed by atoms with Crippen LogP contribution in [0.15, 0.2) is 12.4 Å². The van der Waals surface area contributed by atoms with Crippen molar-refractivity contribution in [3.63, 3.8) is 0 Å². The zero-order valence-corrected chi connectivity index (χ0v) is 11.0. The third-order valence-corrected chi connectivity index (χ3v) is 2.96. The minimum absolute atomic E-state index is 0.0470. The van der Waals surface area contributed by atoms with E-state index in [-0.39, 0.29) is 11.9 Å². The van der Waals surface area contributed by atoms with Crippen molar-refractivity contribution in [2.24, 2.45) is 0 Å². The van der Waals surface area contributed by atoms with Crippen LogP contribution in [0, 0.1) is 0 Å². The average molecular weight is 248 g/mol. The van der Waals surface area contributed by atoms with Gasteiger partial charge in [-0.15, -0.1) is 0 Å². The normalized spacial score (nSPS) is 15.8. The van der Waals surface area contributed by atoms with Crippen molar-refractivity contribution in [1.29, 1.82) is 0 Å². The molecule has 1 aliphatic rings. The number of aromatic nitrogens is 2. The quantitative estimate of drug-likeness (QED) is 0.888. The molecule has 1 aromatic heterocycles. The molecule has 0 spiro atoms. The summed E-state index contributed by atoms with van der Waals surface area (Å²) in [5.41, 5.74) is 0.575. The zero-order valence-electron chi connectivity index (χ0n) is 11.0. The summed E-state index contributed by atoms with van der Waals surface area (Å²) in [6.45, 7) is 5.75. The number of hydrogen-bond acceptors (Lipinski definition) is 4. The van der Waals surface area contributed by atoms with Gasteiger partial charge in [-0.3, -0.25) is 4.79 Å². The molecule has 1 fully saturated rings. The van der Waals surface area contributed by atoms with Gasteiger partial charge >= 0.3 is 0 Å². The molecule has 1 aliphatic heterocycles. The largest absolute Gasteiger partial charge is 0.352 e. The fourth-order valence-corrected chi connectivity index (χ4v) is 2.05. The predicted octanol–water partition coefficient (Wildman–Crippen LogP) is 1.92. The summed E-state index contributed by atoms with van der Waals surface area (Å²) < 4.78 is 0. The smallest absolute Gasteiger partial charge is 0.256 e. The van der Waals surface area contributed by atoms with Crippen molar-refractivity contribution in [3.05, 3.63) is 18.0 Å². The predicted molar refractivity (Wildman–Crippen MR) is 70.5 cm³/mol. The minimum Gasteiger partial charge on any atom is -0.352 e. The summed E-state index contributed by atoms with van der Waals surface area (Å²) in [5.74, 6) is 0.617. The average Bonchev–Trinajstić information content (AvgIpc) is 2.39. The molecule has 0 radical (unpaired) electrons. The number of hydrogen-bond donors (Lipinski definition) is 1. The molecule has 2 rings (SSSR count). The highest BCUT2D eigenvalue weighted by Crippen LogP contribution is 2.12. The van der Waals surface area contributed by atoms with Crippen molar-refractivity contribution in [2.45, 2.75) is 39.2 Å². The van der Waals surface area contributed by atoms with E-state index in [4.69, 9.17) is 0 Å². The minimum atomic E-state index is 0.0470. The van der Waals surface area contributed by atoms with Gasteiger partial charge in [-0.25, -0.2) is 9.97 Å². The van der Waals surface area contributed by atoms with Crippen molar-refractivity contribution in [3.8, 4) is 0 Å². The van der Waals surface area contributed by atoms with Gasteiger partial charge in [0.05, 0.1) is 5.56 Å². The molecule has 18 heavy (non-hydrogen) atoms. The molecule has 0 aromatic carbocycles. The summed E-state index contributed by atoms with van der Waals surface area (Å²) in [7, 11) is 0. The van der Waals surface area contributed by atoms with E-state index in [1.807, 2.05) is 18.7 Å². The molecule has 2 heterocycles. The lowest BCUT2D eigenvalue weighted by Crippen LogP contribution is -2.35. The molecule has 0 saturated carbocycles. The van der Waals surface area contributed by atoms with E-state index in [0.29, 0.717) is 11.5 Å². The number of nitrogens with zero attached hydrogens (tertiary/aromatic N) is 3. The maximum absolute atomic E-state index is 12.2. The van der Waals surface area contributed by atoms with Gasteiger partial charge in [0.2, 0.25) is 5.95 Å². The Bertz CT molecular complexity index is 396. The van der Waals surface area contributed by atoms with Crippen LogP contribution in [0.4, 0.5) is 5.95 Å². The van der Waals surface area contributed by atoms with Gasteiger partial charge < -0.3 is 10.2 Å². The first-order valence-corrected chi connectivity index (χ1v) is 6.54. The third-order valence-electron chi connectivity index (χ3n) is 2.96. The molecule has 1 amide bonds. The number of piperidine rings is 1. The first-order valence-electron chi connectivity index (χ1n) is 6.54. The van der Waals surface area contributed by atoms with Crippen molar-refractivity contribution >= 4 is 11.9 Å². The molecule has 0 unspecified atom stereocenters. The molecule has 0 atom stereocenters. The first-order chi connectivity index (χ1) is 8.66. The highest BCUT2D eigenvalue weighted by Gasteiger charge is 2.18. The van der Waals surface area contributed by atoms with Gasteiger partial charge in [0.1, 0.15) is 0 Å². The Kier molecular flexibility index (Phi) is 4.12. The van der Waals surface area contributed by atoms with Crippen LogP contribution in [0.5, 0.6) is 0 Å². The summed E-state index contributed by atoms with van der Waals surface area (Å²) in [5, 5.41) is 3.10. The molecule has 1 saturated heterocycles. The van der Waals surface area contributed by atoms with E-state index >= 15 is 0 Å². The van der Waals surface area contributed by atoms with Gasteiger partial charge in [0.15, 0.2) is 0 Å². The number of carbonyl (C=O) groups is 1. The second kappa shape index (κ2) is 5.80. The van der Waals surface area contributed by atoms with Crippen LogP contribution < -0.4 is 5.32 Å². The lowest BCUT2D eigenvalue weighted by molar-refractivity contribution is 0.0723. The Morgan fingerprint density at radius 3 is 2.39 bits per heavy atom. The van der Waals surface area contributed by atoms with Gasteiger partial charge in [0.25, 0.3) is 5.91 Å². The van der Waals surface area contributed by atoms with E-state index < -0.39 is 0 Å². The van der Waals surface area contributed by atoms with Gasteiger partial charge in [-0.2, -0.15) is 0 Å². The molecule has 1 N–H and O–H groups in total. The summed E-state index contributed by atoms with van der Waals surface area (Å²) in [6.07, 6.45) is 6.63. The van der Waals surface area contributed by atoms with Gasteiger partial charge in [-0.05, 0) is 33.1 Å². The number of nitrogens with one attached hydrogen (secondary N) is 1. The molecule has 1 aromatic rings. The topological polar surface area (TPSA) is 58.1 Å². The van der Waals surface area contributed by atoms with E-state index in [1.54, 1.807) is 12.4 Å². The molecular formula is C13H20N4O. The monoisotopic (exact) mass is 248 g/mol. The number of amides is 1. The molecule has 5 heteroatoms. The van der Waals surface area contributed by atoms with Crippen LogP contribution >= 0.6 is 0 Å². The van der Waals surface area contributed by atoms with Crippen LogP contribution in [-0.4, -0.2) is 39.9 Å². The van der Waals surface area contributed by atoms with E-state index in [2.05, 4.69) is 15.3 Å². The maximum atomic E-state index is 12.2. The first kappa shape index (κ1) is 12.8. The van der Waals surface area contributed by atoms with Crippen molar-refractivity contribution < 1.29 is 4.79 Å². The Balaban J connectivity index is 2.02. The van der Waals surface area contributed by atoms with Gasteiger partial charge in [0, 0.05) is 31.5 Å². The third kappa shape index (κ3) is 3.18. The van der Waals surface area contributed by atoms with Gasteiger partial charge in [-0.1, -0.05) is 0 Å². The Labute approximate surface area is 108 Å². The number of anilines is 1. The molecule has 0 bridgehead atoms. The van der Waals surface area contributed by atoms with Crippen LogP contribution in [-0.2, 0) is 0 Å². The molecule has 0 aliphatic carbocycles. The second-order valence-corrected chi connectivity index (χ2v) is 4.95. The highest BCUT2D eigenvalue weighted by atomic mass is 16.2. The molecule has 98 valence electrons. The number of likely N-dealkylation sites (tertiary alicyclic amines) is 1.